The normalized spacial score (nSPS) is 10.1. The molecule has 1 aromatic heterocycles. The molecule has 0 amide bonds. The minimum atomic E-state index is -1.19. The molecule has 2 N–H and O–H groups in total. The standard InChI is InChI=1S/C9H12N2O4S/c1-5(12)7-6(8(13)14)11-9(16-7)10-3-4-15-2/h3-4H2,1-2H3,(H,10,11)(H,13,14). The summed E-state index contributed by atoms with van der Waals surface area (Å²) in [5.41, 5.74) is -0.197. The van der Waals surface area contributed by atoms with Crippen molar-refractivity contribution in [3.63, 3.8) is 0 Å². The summed E-state index contributed by atoms with van der Waals surface area (Å²) in [4.78, 5) is 26.0. The molecule has 0 radical (unpaired) electrons. The van der Waals surface area contributed by atoms with Crippen LogP contribution in [0.4, 0.5) is 5.13 Å². The minimum Gasteiger partial charge on any atom is -0.476 e. The summed E-state index contributed by atoms with van der Waals surface area (Å²) in [6, 6.07) is 0. The molecule has 0 aliphatic carbocycles. The van der Waals surface area contributed by atoms with E-state index in [1.807, 2.05) is 0 Å². The minimum absolute atomic E-state index is 0.160. The fourth-order valence-corrected chi connectivity index (χ4v) is 1.92. The summed E-state index contributed by atoms with van der Waals surface area (Å²) in [6.45, 7) is 2.32. The maximum Gasteiger partial charge on any atom is 0.356 e. The van der Waals surface area contributed by atoms with Crippen LogP contribution in [0.2, 0.25) is 0 Å². The monoisotopic (exact) mass is 244 g/mol. The van der Waals surface area contributed by atoms with E-state index in [1.165, 1.54) is 6.92 Å². The van der Waals surface area contributed by atoms with E-state index in [4.69, 9.17) is 9.84 Å². The van der Waals surface area contributed by atoms with Gasteiger partial charge in [-0.1, -0.05) is 11.3 Å². The molecule has 0 aliphatic heterocycles. The van der Waals surface area contributed by atoms with E-state index in [-0.39, 0.29) is 16.4 Å². The molecule has 1 aromatic rings. The number of nitrogens with one attached hydrogen (secondary N) is 1. The average molecular weight is 244 g/mol. The topological polar surface area (TPSA) is 88.5 Å². The molecule has 88 valence electrons. The first-order valence-corrected chi connectivity index (χ1v) is 5.35. The first kappa shape index (κ1) is 12.6. The lowest BCUT2D eigenvalue weighted by Gasteiger charge is -1.99. The van der Waals surface area contributed by atoms with Gasteiger partial charge >= 0.3 is 5.97 Å². The highest BCUT2D eigenvalue weighted by atomic mass is 32.1. The molecular weight excluding hydrogens is 232 g/mol. The van der Waals surface area contributed by atoms with E-state index >= 15 is 0 Å². The second-order valence-electron chi connectivity index (χ2n) is 2.98. The molecule has 0 unspecified atom stereocenters. The van der Waals surface area contributed by atoms with Crippen LogP contribution in [-0.4, -0.2) is 42.1 Å². The molecule has 0 saturated carbocycles. The Balaban J connectivity index is 2.84. The van der Waals surface area contributed by atoms with Crippen molar-refractivity contribution >= 4 is 28.2 Å². The number of nitrogens with zero attached hydrogens (tertiary/aromatic N) is 1. The summed E-state index contributed by atoms with van der Waals surface area (Å²) < 4.78 is 4.83. The van der Waals surface area contributed by atoms with Crippen LogP contribution in [0.1, 0.15) is 27.1 Å². The third-order valence-corrected chi connectivity index (χ3v) is 2.85. The first-order valence-electron chi connectivity index (χ1n) is 4.54. The fraction of sp³-hybridized carbons (Fsp3) is 0.444. The molecule has 1 heterocycles. The van der Waals surface area contributed by atoms with Crippen molar-refractivity contribution < 1.29 is 19.4 Å². The number of carboxylic acid groups (broad SMARTS) is 1. The summed E-state index contributed by atoms with van der Waals surface area (Å²) in [7, 11) is 1.56. The van der Waals surface area contributed by atoms with Crippen LogP contribution in [0.3, 0.4) is 0 Å². The average Bonchev–Trinajstić information content (AvgIpc) is 2.62. The predicted octanol–water partition coefficient (Wildman–Crippen LogP) is 1.10. The number of anilines is 1. The van der Waals surface area contributed by atoms with Gasteiger partial charge in [-0.05, 0) is 0 Å². The first-order chi connectivity index (χ1) is 7.56. The van der Waals surface area contributed by atoms with Crippen molar-refractivity contribution in [3.8, 4) is 0 Å². The summed E-state index contributed by atoms with van der Waals surface area (Å²) >= 11 is 1.04. The maximum absolute atomic E-state index is 11.2. The highest BCUT2D eigenvalue weighted by Crippen LogP contribution is 2.23. The molecule has 0 aromatic carbocycles. The second kappa shape index (κ2) is 5.57. The molecule has 0 saturated heterocycles. The third kappa shape index (κ3) is 3.01. The number of Topliss-reactive ketones (excluding diaryl/α,β-unsaturated/α-hetero) is 1. The highest BCUT2D eigenvalue weighted by molar-refractivity contribution is 7.17. The molecule has 0 bridgehead atoms. The van der Waals surface area contributed by atoms with Gasteiger partial charge in [-0.3, -0.25) is 4.79 Å². The number of aromatic nitrogens is 1. The Bertz CT molecular complexity index is 371. The Morgan fingerprint density at radius 3 is 2.69 bits per heavy atom. The maximum atomic E-state index is 11.2. The molecular formula is C9H12N2O4S. The third-order valence-electron chi connectivity index (χ3n) is 1.73. The Morgan fingerprint density at radius 2 is 2.25 bits per heavy atom. The fourth-order valence-electron chi connectivity index (χ4n) is 1.04. The van der Waals surface area contributed by atoms with Crippen LogP contribution in [0.25, 0.3) is 0 Å². The van der Waals surface area contributed by atoms with Crippen LogP contribution in [0.15, 0.2) is 0 Å². The Hall–Kier alpha value is -1.47. The van der Waals surface area contributed by atoms with Crippen molar-refractivity contribution in [2.75, 3.05) is 25.6 Å². The molecule has 16 heavy (non-hydrogen) atoms. The molecule has 0 aliphatic rings. The number of aromatic carboxylic acids is 1. The quantitative estimate of drug-likeness (QED) is 0.575. The van der Waals surface area contributed by atoms with Crippen molar-refractivity contribution in [1.29, 1.82) is 0 Å². The molecule has 0 fully saturated rings. The number of ether oxygens (including phenoxy) is 1. The van der Waals surface area contributed by atoms with Gasteiger partial charge in [0.1, 0.15) is 4.88 Å². The smallest absolute Gasteiger partial charge is 0.356 e. The van der Waals surface area contributed by atoms with Crippen molar-refractivity contribution in [3.05, 3.63) is 10.6 Å². The van der Waals surface area contributed by atoms with Gasteiger partial charge in [-0.2, -0.15) is 0 Å². The van der Waals surface area contributed by atoms with Crippen LogP contribution >= 0.6 is 11.3 Å². The molecule has 1 rings (SSSR count). The SMILES string of the molecule is COCCNc1nc(C(=O)O)c(C(C)=O)s1. The van der Waals surface area contributed by atoms with E-state index in [2.05, 4.69) is 10.3 Å². The van der Waals surface area contributed by atoms with Gasteiger partial charge in [0.05, 0.1) is 6.61 Å². The molecule has 0 spiro atoms. The van der Waals surface area contributed by atoms with Crippen LogP contribution in [-0.2, 0) is 4.74 Å². The number of carbonyl (C=O) groups excluding carboxylic acids is 1. The van der Waals surface area contributed by atoms with E-state index in [0.717, 1.165) is 11.3 Å². The second-order valence-corrected chi connectivity index (χ2v) is 3.98. The summed E-state index contributed by atoms with van der Waals surface area (Å²) in [6.07, 6.45) is 0. The summed E-state index contributed by atoms with van der Waals surface area (Å²) in [5, 5.41) is 12.1. The van der Waals surface area contributed by atoms with E-state index in [0.29, 0.717) is 18.3 Å². The van der Waals surface area contributed by atoms with E-state index in [9.17, 15) is 9.59 Å². The van der Waals surface area contributed by atoms with Gasteiger partial charge in [0.2, 0.25) is 0 Å². The van der Waals surface area contributed by atoms with Crippen molar-refractivity contribution in [1.82, 2.24) is 4.98 Å². The number of rotatable bonds is 6. The van der Waals surface area contributed by atoms with Crippen molar-refractivity contribution in [2.45, 2.75) is 6.92 Å². The molecule has 0 atom stereocenters. The summed E-state index contributed by atoms with van der Waals surface area (Å²) in [5.74, 6) is -1.49. The lowest BCUT2D eigenvalue weighted by molar-refractivity contribution is 0.0687. The van der Waals surface area contributed by atoms with E-state index < -0.39 is 5.97 Å². The number of methoxy groups -OCH3 is 1. The van der Waals surface area contributed by atoms with Gasteiger partial charge in [-0.25, -0.2) is 9.78 Å². The van der Waals surface area contributed by atoms with Gasteiger partial charge < -0.3 is 15.2 Å². The Kier molecular flexibility index (Phi) is 4.39. The molecule has 7 heteroatoms. The Labute approximate surface area is 96.3 Å². The Morgan fingerprint density at radius 1 is 1.56 bits per heavy atom. The van der Waals surface area contributed by atoms with E-state index in [1.54, 1.807) is 7.11 Å². The highest BCUT2D eigenvalue weighted by Gasteiger charge is 2.20. The zero-order chi connectivity index (χ0) is 12.1. The number of hydrogen-bond acceptors (Lipinski definition) is 6. The van der Waals surface area contributed by atoms with Crippen molar-refractivity contribution in [2.24, 2.45) is 0 Å². The lowest BCUT2D eigenvalue weighted by Crippen LogP contribution is -2.08. The number of carbonyl (C=O) groups is 2. The van der Waals surface area contributed by atoms with Gasteiger partial charge in [-0.15, -0.1) is 0 Å². The number of thiazole rings is 1. The number of carboxylic acids is 1. The number of hydrogen-bond donors (Lipinski definition) is 2. The largest absolute Gasteiger partial charge is 0.476 e. The van der Waals surface area contributed by atoms with Crippen LogP contribution < -0.4 is 5.32 Å². The van der Waals surface area contributed by atoms with Gasteiger partial charge in [0, 0.05) is 20.6 Å². The van der Waals surface area contributed by atoms with Crippen LogP contribution in [0.5, 0.6) is 0 Å². The predicted molar refractivity (Wildman–Crippen MR) is 59.4 cm³/mol. The zero-order valence-electron chi connectivity index (χ0n) is 8.94. The van der Waals surface area contributed by atoms with Gasteiger partial charge in [0.25, 0.3) is 0 Å². The molecule has 6 nitrogen and oxygen atoms in total. The lowest BCUT2D eigenvalue weighted by atomic mass is 10.3. The van der Waals surface area contributed by atoms with Gasteiger partial charge in [0.15, 0.2) is 16.6 Å². The zero-order valence-corrected chi connectivity index (χ0v) is 9.76. The van der Waals surface area contributed by atoms with Crippen LogP contribution in [0, 0.1) is 0 Å². The number of ketones is 1.